The molecule has 1 unspecified atom stereocenters. The van der Waals surface area contributed by atoms with E-state index < -0.39 is 11.9 Å². The first-order chi connectivity index (χ1) is 16.9. The molecule has 1 heterocycles. The lowest BCUT2D eigenvalue weighted by molar-refractivity contribution is -0.139. The van der Waals surface area contributed by atoms with Crippen LogP contribution in [0.4, 0.5) is 0 Å². The maximum atomic E-state index is 12.7. The summed E-state index contributed by atoms with van der Waals surface area (Å²) in [5.74, 6) is -0.154. The minimum absolute atomic E-state index is 0.0659. The van der Waals surface area contributed by atoms with E-state index in [-0.39, 0.29) is 5.78 Å². The zero-order valence-electron chi connectivity index (χ0n) is 19.1. The van der Waals surface area contributed by atoms with Crippen LogP contribution >= 0.6 is 35.0 Å². The number of benzene rings is 3. The van der Waals surface area contributed by atoms with E-state index in [1.165, 1.54) is 5.56 Å². The molecule has 4 rings (SSSR count). The number of halogens is 2. The molecule has 0 aromatic heterocycles. The van der Waals surface area contributed by atoms with Gasteiger partial charge in [0.15, 0.2) is 5.78 Å². The highest BCUT2D eigenvalue weighted by Gasteiger charge is 2.29. The maximum Gasteiger partial charge on any atom is 0.311 e. The Morgan fingerprint density at radius 2 is 1.89 bits per heavy atom. The fraction of sp³-hybridized carbons (Fsp3) is 0.259. The monoisotopic (exact) mass is 530 g/mol. The molecular formula is C27H24Cl2O5S. The van der Waals surface area contributed by atoms with Crippen LogP contribution in [-0.2, 0) is 11.2 Å². The smallest absolute Gasteiger partial charge is 0.311 e. The Morgan fingerprint density at radius 3 is 2.60 bits per heavy atom. The van der Waals surface area contributed by atoms with Gasteiger partial charge in [-0.2, -0.15) is 0 Å². The summed E-state index contributed by atoms with van der Waals surface area (Å²) in [7, 11) is 0. The molecule has 3 aromatic carbocycles. The van der Waals surface area contributed by atoms with Crippen LogP contribution in [0, 0.1) is 0 Å². The molecule has 35 heavy (non-hydrogen) atoms. The molecule has 0 fully saturated rings. The Bertz CT molecular complexity index is 1240. The number of carboxylic acids is 1. The molecule has 0 aliphatic carbocycles. The third kappa shape index (κ3) is 6.13. The average Bonchev–Trinajstić information content (AvgIpc) is 2.85. The highest BCUT2D eigenvalue weighted by Crippen LogP contribution is 2.41. The first-order valence-corrected chi connectivity index (χ1v) is 13.2. The Kier molecular flexibility index (Phi) is 8.26. The number of carbonyl (C=O) groups excluding carboxylic acids is 1. The number of carbonyl (C=O) groups is 2. The third-order valence-electron chi connectivity index (χ3n) is 5.91. The minimum atomic E-state index is -0.905. The number of thioether (sulfide) groups is 1. The van der Waals surface area contributed by atoms with Gasteiger partial charge in [-0.3, -0.25) is 9.59 Å². The zero-order valence-corrected chi connectivity index (χ0v) is 21.4. The molecule has 0 spiro atoms. The number of ketones is 1. The van der Waals surface area contributed by atoms with Gasteiger partial charge in [0.1, 0.15) is 17.2 Å². The fourth-order valence-electron chi connectivity index (χ4n) is 4.07. The fourth-order valence-corrected chi connectivity index (χ4v) is 5.19. The van der Waals surface area contributed by atoms with Gasteiger partial charge in [-0.05, 0) is 73.5 Å². The topological polar surface area (TPSA) is 72.8 Å². The predicted octanol–water partition coefficient (Wildman–Crippen LogP) is 7.66. The first kappa shape index (κ1) is 25.4. The quantitative estimate of drug-likeness (QED) is 0.226. The molecule has 5 nitrogen and oxygen atoms in total. The molecular weight excluding hydrogens is 507 g/mol. The molecule has 0 saturated carbocycles. The van der Waals surface area contributed by atoms with E-state index in [0.717, 1.165) is 17.7 Å². The predicted molar refractivity (Wildman–Crippen MR) is 139 cm³/mol. The number of carboxylic acid groups (broad SMARTS) is 1. The van der Waals surface area contributed by atoms with E-state index in [0.29, 0.717) is 57.9 Å². The molecule has 182 valence electrons. The second-order valence-corrected chi connectivity index (χ2v) is 9.90. The number of hydrogen-bond donors (Lipinski definition) is 1. The molecule has 0 saturated heterocycles. The van der Waals surface area contributed by atoms with Crippen LogP contribution in [0.1, 0.15) is 46.7 Å². The number of rotatable bonds is 9. The van der Waals surface area contributed by atoms with Gasteiger partial charge in [0.2, 0.25) is 0 Å². The summed E-state index contributed by atoms with van der Waals surface area (Å²) >= 11 is 14.1. The summed E-state index contributed by atoms with van der Waals surface area (Å²) in [5, 5.41) is 10.4. The summed E-state index contributed by atoms with van der Waals surface area (Å²) in [4.78, 5) is 25.3. The molecule has 1 N–H and O–H groups in total. The average molecular weight is 531 g/mol. The van der Waals surface area contributed by atoms with Gasteiger partial charge in [-0.15, -0.1) is 11.8 Å². The molecule has 1 aliphatic rings. The zero-order chi connectivity index (χ0) is 24.9. The Labute approximate surface area is 218 Å². The SMILES string of the molecule is CSc1cc(Cl)ccc1CCCC(=O)c1ccc(Oc2cc3c(cc2Cl)C(C(=O)O)CCO3)cc1. The van der Waals surface area contributed by atoms with Gasteiger partial charge in [-0.25, -0.2) is 0 Å². The van der Waals surface area contributed by atoms with Crippen molar-refractivity contribution < 1.29 is 24.2 Å². The van der Waals surface area contributed by atoms with Crippen molar-refractivity contribution in [2.75, 3.05) is 12.9 Å². The second kappa shape index (κ2) is 11.4. The van der Waals surface area contributed by atoms with E-state index in [1.807, 2.05) is 24.5 Å². The van der Waals surface area contributed by atoms with Crippen molar-refractivity contribution in [2.45, 2.75) is 36.5 Å². The van der Waals surface area contributed by atoms with Crippen molar-refractivity contribution in [3.05, 3.63) is 81.3 Å². The second-order valence-electron chi connectivity index (χ2n) is 8.21. The van der Waals surface area contributed by atoms with Gasteiger partial charge in [0.25, 0.3) is 0 Å². The lowest BCUT2D eigenvalue weighted by atomic mass is 9.93. The van der Waals surface area contributed by atoms with Crippen molar-refractivity contribution in [1.82, 2.24) is 0 Å². The summed E-state index contributed by atoms with van der Waals surface area (Å²) in [6.07, 6.45) is 4.40. The minimum Gasteiger partial charge on any atom is -0.493 e. The number of hydrogen-bond acceptors (Lipinski definition) is 5. The van der Waals surface area contributed by atoms with Gasteiger partial charge < -0.3 is 14.6 Å². The van der Waals surface area contributed by atoms with E-state index in [1.54, 1.807) is 48.2 Å². The van der Waals surface area contributed by atoms with E-state index in [9.17, 15) is 14.7 Å². The van der Waals surface area contributed by atoms with Crippen molar-refractivity contribution in [2.24, 2.45) is 0 Å². The number of aliphatic carboxylic acids is 1. The van der Waals surface area contributed by atoms with Crippen LogP contribution in [0.15, 0.2) is 59.5 Å². The molecule has 1 atom stereocenters. The van der Waals surface area contributed by atoms with Gasteiger partial charge in [0.05, 0.1) is 17.5 Å². The molecule has 0 amide bonds. The van der Waals surface area contributed by atoms with E-state index in [2.05, 4.69) is 0 Å². The third-order valence-corrected chi connectivity index (χ3v) is 7.26. The summed E-state index contributed by atoms with van der Waals surface area (Å²) in [5.41, 5.74) is 2.35. The number of Topliss-reactive ketones (excluding diaryl/α,β-unsaturated/α-hetero) is 1. The van der Waals surface area contributed by atoms with Crippen LogP contribution in [0.5, 0.6) is 17.2 Å². The van der Waals surface area contributed by atoms with Gasteiger partial charge in [0, 0.05) is 33.5 Å². The molecule has 3 aromatic rings. The number of aryl methyl sites for hydroxylation is 1. The molecule has 0 radical (unpaired) electrons. The Morgan fingerprint density at radius 1 is 1.11 bits per heavy atom. The highest BCUT2D eigenvalue weighted by molar-refractivity contribution is 7.98. The molecule has 1 aliphatic heterocycles. The largest absolute Gasteiger partial charge is 0.493 e. The van der Waals surface area contributed by atoms with Crippen LogP contribution in [-0.4, -0.2) is 29.7 Å². The normalized spacial score (nSPS) is 14.7. The number of fused-ring (bicyclic) bond motifs is 1. The van der Waals surface area contributed by atoms with Crippen LogP contribution < -0.4 is 9.47 Å². The highest BCUT2D eigenvalue weighted by atomic mass is 35.5. The van der Waals surface area contributed by atoms with E-state index in [4.69, 9.17) is 32.7 Å². The summed E-state index contributed by atoms with van der Waals surface area (Å²) < 4.78 is 11.5. The molecule has 8 heteroatoms. The lowest BCUT2D eigenvalue weighted by Gasteiger charge is -2.24. The molecule has 0 bridgehead atoms. The Balaban J connectivity index is 1.38. The lowest BCUT2D eigenvalue weighted by Crippen LogP contribution is -2.20. The van der Waals surface area contributed by atoms with Crippen LogP contribution in [0.25, 0.3) is 0 Å². The van der Waals surface area contributed by atoms with Gasteiger partial charge in [-0.1, -0.05) is 29.3 Å². The van der Waals surface area contributed by atoms with Crippen molar-refractivity contribution in [1.29, 1.82) is 0 Å². The van der Waals surface area contributed by atoms with Crippen molar-refractivity contribution in [3.63, 3.8) is 0 Å². The summed E-state index contributed by atoms with van der Waals surface area (Å²) in [6, 6.07) is 16.0. The van der Waals surface area contributed by atoms with Crippen molar-refractivity contribution in [3.8, 4) is 17.2 Å². The summed E-state index contributed by atoms with van der Waals surface area (Å²) in [6.45, 7) is 0.318. The Hall–Kier alpha value is -2.67. The van der Waals surface area contributed by atoms with E-state index >= 15 is 0 Å². The van der Waals surface area contributed by atoms with Crippen molar-refractivity contribution >= 4 is 46.7 Å². The van der Waals surface area contributed by atoms with Crippen LogP contribution in [0.3, 0.4) is 0 Å². The maximum absolute atomic E-state index is 12.7. The van der Waals surface area contributed by atoms with Crippen LogP contribution in [0.2, 0.25) is 10.0 Å². The standard InChI is InChI=1S/C27H24Cl2O5S/c1-35-26-13-18(28)8-5-17(26)3-2-4-23(30)16-6-9-19(10-7-16)34-25-15-24-21(14-22(25)29)20(27(31)32)11-12-33-24/h5-10,13-15,20H,2-4,11-12H2,1H3,(H,31,32). The first-order valence-electron chi connectivity index (χ1n) is 11.2. The number of ether oxygens (including phenoxy) is 2. The van der Waals surface area contributed by atoms with Gasteiger partial charge >= 0.3 is 5.97 Å².